The predicted octanol–water partition coefficient (Wildman–Crippen LogP) is 8.72. The number of aliphatic hydroxyl groups is 2. The number of carbonyl (C=O) groups excluding carboxylic acids is 2. The van der Waals surface area contributed by atoms with Crippen LogP contribution in [0.25, 0.3) is 0 Å². The topological polar surface area (TPSA) is 93.1 Å². The van der Waals surface area contributed by atoms with Crippen molar-refractivity contribution in [3.63, 3.8) is 0 Å². The van der Waals surface area contributed by atoms with Gasteiger partial charge in [-0.1, -0.05) is 121 Å². The van der Waals surface area contributed by atoms with Crippen LogP contribution >= 0.6 is 0 Å². The molecule has 42 heavy (non-hydrogen) atoms. The van der Waals surface area contributed by atoms with Gasteiger partial charge in [0, 0.05) is 12.8 Å². The first-order valence-corrected chi connectivity index (χ1v) is 16.6. The number of hydrogen-bond donors (Lipinski definition) is 2. The van der Waals surface area contributed by atoms with Crippen molar-refractivity contribution in [2.45, 2.75) is 149 Å². The largest absolute Gasteiger partial charge is 0.463 e. The second kappa shape index (κ2) is 30.3. The Balaban J connectivity index is 3.62. The maximum absolute atomic E-state index is 11.9. The predicted molar refractivity (Wildman–Crippen MR) is 174 cm³/mol. The molecule has 0 saturated heterocycles. The van der Waals surface area contributed by atoms with E-state index in [2.05, 4.69) is 63.3 Å². The highest BCUT2D eigenvalue weighted by molar-refractivity contribution is 5.69. The third-order valence-electron chi connectivity index (χ3n) is 6.80. The normalized spacial score (nSPS) is 13.7. The van der Waals surface area contributed by atoms with E-state index in [-0.39, 0.29) is 31.3 Å². The molecule has 2 atom stereocenters. The van der Waals surface area contributed by atoms with Crippen LogP contribution in [-0.2, 0) is 19.1 Å². The Morgan fingerprint density at radius 2 is 1.07 bits per heavy atom. The van der Waals surface area contributed by atoms with Crippen LogP contribution in [0.4, 0.5) is 0 Å². The Morgan fingerprint density at radius 3 is 1.62 bits per heavy atom. The van der Waals surface area contributed by atoms with Crippen LogP contribution in [-0.4, -0.2) is 47.6 Å². The van der Waals surface area contributed by atoms with E-state index in [1.807, 2.05) is 6.08 Å². The molecular formula is C36H62O6. The van der Waals surface area contributed by atoms with E-state index < -0.39 is 6.10 Å². The summed E-state index contributed by atoms with van der Waals surface area (Å²) in [5.41, 5.74) is 0. The van der Waals surface area contributed by atoms with Crippen molar-refractivity contribution in [1.29, 1.82) is 0 Å². The van der Waals surface area contributed by atoms with Crippen LogP contribution < -0.4 is 0 Å². The van der Waals surface area contributed by atoms with Gasteiger partial charge in [0.2, 0.25) is 0 Å². The van der Waals surface area contributed by atoms with Crippen molar-refractivity contribution in [2.24, 2.45) is 5.92 Å². The van der Waals surface area contributed by atoms with E-state index >= 15 is 0 Å². The van der Waals surface area contributed by atoms with Crippen molar-refractivity contribution < 1.29 is 29.3 Å². The number of esters is 2. The number of allylic oxidation sites excluding steroid dienone is 7. The number of carbonyl (C=O) groups is 2. The molecule has 242 valence electrons. The molecule has 0 aromatic heterocycles. The lowest BCUT2D eigenvalue weighted by molar-refractivity contribution is -0.152. The van der Waals surface area contributed by atoms with Gasteiger partial charge in [-0.05, 0) is 57.3 Å². The molecule has 0 aromatic rings. The molecule has 0 saturated carbocycles. The van der Waals surface area contributed by atoms with Gasteiger partial charge in [0.15, 0.2) is 0 Å². The summed E-state index contributed by atoms with van der Waals surface area (Å²) in [5, 5.41) is 19.6. The molecule has 0 aliphatic carbocycles. The second-order valence-corrected chi connectivity index (χ2v) is 11.6. The van der Waals surface area contributed by atoms with Gasteiger partial charge in [0.25, 0.3) is 0 Å². The first kappa shape index (κ1) is 39.8. The quantitative estimate of drug-likeness (QED) is 0.0538. The van der Waals surface area contributed by atoms with Gasteiger partial charge in [-0.15, -0.1) is 0 Å². The molecule has 0 spiro atoms. The molecule has 0 fully saturated rings. The Bertz CT molecular complexity index is 752. The van der Waals surface area contributed by atoms with E-state index in [0.29, 0.717) is 19.3 Å². The Hall–Kier alpha value is -2.18. The first-order valence-electron chi connectivity index (χ1n) is 16.6. The Kier molecular flexibility index (Phi) is 28.7. The summed E-state index contributed by atoms with van der Waals surface area (Å²) in [7, 11) is 0. The molecule has 2 N–H and O–H groups in total. The maximum Gasteiger partial charge on any atom is 0.305 e. The highest BCUT2D eigenvalue weighted by Crippen LogP contribution is 2.13. The number of hydrogen-bond acceptors (Lipinski definition) is 6. The minimum atomic E-state index is -0.994. The lowest BCUT2D eigenvalue weighted by Gasteiger charge is -2.12. The summed E-state index contributed by atoms with van der Waals surface area (Å²) in [5.74, 6) is 0.129. The molecule has 6 heteroatoms. The summed E-state index contributed by atoms with van der Waals surface area (Å²) < 4.78 is 10.2. The smallest absolute Gasteiger partial charge is 0.305 e. The van der Waals surface area contributed by atoms with Crippen molar-refractivity contribution in [2.75, 3.05) is 13.2 Å². The molecule has 0 radical (unpaired) electrons. The fourth-order valence-corrected chi connectivity index (χ4v) is 4.28. The minimum Gasteiger partial charge on any atom is -0.463 e. The maximum atomic E-state index is 11.9. The van der Waals surface area contributed by atoms with E-state index in [9.17, 15) is 19.8 Å². The highest BCUT2D eigenvalue weighted by atomic mass is 16.6. The minimum absolute atomic E-state index is 0.144. The van der Waals surface area contributed by atoms with Gasteiger partial charge in [-0.25, -0.2) is 0 Å². The van der Waals surface area contributed by atoms with Crippen LogP contribution in [0.3, 0.4) is 0 Å². The molecule has 0 rings (SSSR count). The zero-order valence-corrected chi connectivity index (χ0v) is 27.0. The van der Waals surface area contributed by atoms with Gasteiger partial charge >= 0.3 is 11.9 Å². The van der Waals surface area contributed by atoms with E-state index in [0.717, 1.165) is 70.1 Å². The summed E-state index contributed by atoms with van der Waals surface area (Å²) in [6, 6.07) is 0. The van der Waals surface area contributed by atoms with Crippen LogP contribution in [0.2, 0.25) is 0 Å². The molecule has 6 nitrogen and oxygen atoms in total. The van der Waals surface area contributed by atoms with Crippen molar-refractivity contribution in [3.8, 4) is 0 Å². The van der Waals surface area contributed by atoms with Crippen LogP contribution in [0.5, 0.6) is 0 Å². The van der Waals surface area contributed by atoms with E-state index in [1.165, 1.54) is 32.1 Å². The number of unbranched alkanes of at least 4 members (excludes halogenated alkanes) is 7. The third kappa shape index (κ3) is 30.8. The summed E-state index contributed by atoms with van der Waals surface area (Å²) in [4.78, 5) is 23.7. The molecule has 0 heterocycles. The molecule has 0 aliphatic rings. The molecular weight excluding hydrogens is 528 g/mol. The highest BCUT2D eigenvalue weighted by Gasteiger charge is 2.12. The van der Waals surface area contributed by atoms with Gasteiger partial charge in [-0.2, -0.15) is 0 Å². The zero-order chi connectivity index (χ0) is 31.1. The van der Waals surface area contributed by atoms with Gasteiger partial charge in [0.1, 0.15) is 19.3 Å². The number of ether oxygens (including phenoxy) is 2. The first-order chi connectivity index (χ1) is 20.3. The molecule has 0 aromatic carbocycles. The average Bonchev–Trinajstić information content (AvgIpc) is 2.96. The van der Waals surface area contributed by atoms with Crippen LogP contribution in [0.15, 0.2) is 48.6 Å². The fraction of sp³-hybridized carbons (Fsp3) is 0.722. The number of rotatable bonds is 28. The number of aliphatic hydroxyl groups excluding tert-OH is 2. The Labute approximate surface area is 257 Å². The summed E-state index contributed by atoms with van der Waals surface area (Å²) >= 11 is 0. The van der Waals surface area contributed by atoms with Gasteiger partial charge < -0.3 is 19.7 Å². The van der Waals surface area contributed by atoms with Crippen molar-refractivity contribution in [1.82, 2.24) is 0 Å². The van der Waals surface area contributed by atoms with Gasteiger partial charge in [-0.3, -0.25) is 9.59 Å². The van der Waals surface area contributed by atoms with Crippen molar-refractivity contribution >= 4 is 11.9 Å². The van der Waals surface area contributed by atoms with E-state index in [1.54, 1.807) is 0 Å². The Morgan fingerprint density at radius 1 is 0.595 bits per heavy atom. The molecule has 0 aliphatic heterocycles. The van der Waals surface area contributed by atoms with Crippen molar-refractivity contribution in [3.05, 3.63) is 48.6 Å². The van der Waals surface area contributed by atoms with Crippen LogP contribution in [0.1, 0.15) is 136 Å². The average molecular weight is 591 g/mol. The lowest BCUT2D eigenvalue weighted by Crippen LogP contribution is -2.25. The van der Waals surface area contributed by atoms with Crippen LogP contribution in [0, 0.1) is 5.92 Å². The van der Waals surface area contributed by atoms with E-state index in [4.69, 9.17) is 9.47 Å². The lowest BCUT2D eigenvalue weighted by atomic mass is 10.0. The molecule has 0 bridgehead atoms. The molecule has 0 amide bonds. The summed E-state index contributed by atoms with van der Waals surface area (Å²) in [6.07, 6.45) is 32.4. The SMILES string of the molecule is CCCC(O)C/C=C\C/C=C\C/C=C\C/C=C\CCCC(=O)OC[C@H](O)COC(=O)CCCCCCCCCC(C)C. The third-order valence-corrected chi connectivity index (χ3v) is 6.80. The standard InChI is InChI=1S/C36H62O6/c1-4-25-33(37)27-22-18-14-10-8-6-5-7-9-11-15-19-23-28-35(39)41-30-34(38)31-42-36(40)29-24-20-16-12-13-17-21-26-32(2)3/h5,7-8,10-11,15,18,22,32-34,37-38H,4,6,9,12-14,16-17,19-21,23-31H2,1-3H3/b7-5-,10-8-,15-11-,22-18-/t33?,34-/m0/s1. The molecule has 1 unspecified atom stereocenters. The van der Waals surface area contributed by atoms with Gasteiger partial charge in [0.05, 0.1) is 6.10 Å². The fourth-order valence-electron chi connectivity index (χ4n) is 4.28. The second-order valence-electron chi connectivity index (χ2n) is 11.6. The summed E-state index contributed by atoms with van der Waals surface area (Å²) in [6.45, 7) is 6.31. The monoisotopic (exact) mass is 590 g/mol. The zero-order valence-electron chi connectivity index (χ0n) is 27.0.